The van der Waals surface area contributed by atoms with Crippen LogP contribution < -0.4 is 5.73 Å². The van der Waals surface area contributed by atoms with E-state index in [0.29, 0.717) is 5.82 Å². The molecular formula is C8H10N2O2. The third-order valence-corrected chi connectivity index (χ3v) is 1.27. The first-order valence-corrected chi connectivity index (χ1v) is 3.44. The van der Waals surface area contributed by atoms with Crippen molar-refractivity contribution in [3.05, 3.63) is 30.0 Å². The van der Waals surface area contributed by atoms with Gasteiger partial charge in [0.15, 0.2) is 6.29 Å². The number of aromatic nitrogens is 1. The summed E-state index contributed by atoms with van der Waals surface area (Å²) in [5, 5.41) is 17.0. The lowest BCUT2D eigenvalue weighted by atomic mass is 10.2. The van der Waals surface area contributed by atoms with E-state index < -0.39 is 6.29 Å². The molecule has 4 nitrogen and oxygen atoms in total. The summed E-state index contributed by atoms with van der Waals surface area (Å²) >= 11 is 0. The molecule has 0 fully saturated rings. The van der Waals surface area contributed by atoms with Gasteiger partial charge in [-0.25, -0.2) is 4.98 Å². The summed E-state index contributed by atoms with van der Waals surface area (Å²) in [7, 11) is 0. The van der Waals surface area contributed by atoms with E-state index in [1.165, 1.54) is 6.08 Å². The molecule has 1 rings (SSSR count). The maximum absolute atomic E-state index is 8.49. The predicted molar refractivity (Wildman–Crippen MR) is 45.9 cm³/mol. The van der Waals surface area contributed by atoms with Gasteiger partial charge in [0.2, 0.25) is 0 Å². The van der Waals surface area contributed by atoms with Gasteiger partial charge in [-0.2, -0.15) is 0 Å². The number of nitrogen functional groups attached to an aromatic ring is 1. The van der Waals surface area contributed by atoms with Crippen LogP contribution in [0.5, 0.6) is 0 Å². The molecule has 1 heterocycles. The molecule has 0 saturated carbocycles. The zero-order valence-electron chi connectivity index (χ0n) is 6.38. The summed E-state index contributed by atoms with van der Waals surface area (Å²) in [6.07, 6.45) is 2.92. The number of hydrogen-bond acceptors (Lipinski definition) is 4. The summed E-state index contributed by atoms with van der Waals surface area (Å²) in [5.41, 5.74) is 6.12. The van der Waals surface area contributed by atoms with Crippen LogP contribution in [0.1, 0.15) is 5.56 Å². The Kier molecular flexibility index (Phi) is 2.79. The minimum absolute atomic E-state index is 0.441. The predicted octanol–water partition coefficient (Wildman–Crippen LogP) is -0.0123. The fraction of sp³-hybridized carbons (Fsp3) is 0.125. The van der Waals surface area contributed by atoms with E-state index in [-0.39, 0.29) is 0 Å². The number of rotatable bonds is 2. The molecule has 0 unspecified atom stereocenters. The van der Waals surface area contributed by atoms with Crippen molar-refractivity contribution >= 4 is 11.9 Å². The second kappa shape index (κ2) is 3.85. The average Bonchev–Trinajstić information content (AvgIpc) is 2.03. The van der Waals surface area contributed by atoms with Gasteiger partial charge in [-0.3, -0.25) is 0 Å². The lowest BCUT2D eigenvalue weighted by Gasteiger charge is -1.95. The summed E-state index contributed by atoms with van der Waals surface area (Å²) in [6.45, 7) is 0. The van der Waals surface area contributed by atoms with Gasteiger partial charge in [0.1, 0.15) is 5.82 Å². The molecule has 0 amide bonds. The van der Waals surface area contributed by atoms with Gasteiger partial charge in [0.25, 0.3) is 0 Å². The topological polar surface area (TPSA) is 79.4 Å². The number of nitrogens with zero attached hydrogens (tertiary/aromatic N) is 1. The normalized spacial score (nSPS) is 11.2. The molecule has 0 aliphatic rings. The van der Waals surface area contributed by atoms with Crippen LogP contribution in [0.25, 0.3) is 6.08 Å². The molecule has 0 spiro atoms. The van der Waals surface area contributed by atoms with Crippen molar-refractivity contribution in [2.45, 2.75) is 6.29 Å². The number of nitrogens with two attached hydrogens (primary N) is 1. The number of pyridine rings is 1. The maximum Gasteiger partial charge on any atom is 0.171 e. The van der Waals surface area contributed by atoms with Crippen molar-refractivity contribution in [2.24, 2.45) is 0 Å². The van der Waals surface area contributed by atoms with Crippen molar-refractivity contribution in [1.82, 2.24) is 4.98 Å². The van der Waals surface area contributed by atoms with Crippen LogP contribution in [0.2, 0.25) is 0 Å². The van der Waals surface area contributed by atoms with Crippen molar-refractivity contribution in [2.75, 3.05) is 5.73 Å². The van der Waals surface area contributed by atoms with Crippen molar-refractivity contribution in [1.29, 1.82) is 0 Å². The van der Waals surface area contributed by atoms with E-state index in [1.807, 2.05) is 0 Å². The van der Waals surface area contributed by atoms with Gasteiger partial charge in [-0.1, -0.05) is 6.08 Å². The Morgan fingerprint density at radius 3 is 2.67 bits per heavy atom. The molecule has 1 aromatic heterocycles. The first kappa shape index (κ1) is 8.70. The molecule has 0 radical (unpaired) electrons. The number of anilines is 1. The smallest absolute Gasteiger partial charge is 0.171 e. The molecule has 0 saturated heterocycles. The third-order valence-electron chi connectivity index (χ3n) is 1.27. The Labute approximate surface area is 70.0 Å². The van der Waals surface area contributed by atoms with Crippen molar-refractivity contribution < 1.29 is 10.2 Å². The van der Waals surface area contributed by atoms with Crippen LogP contribution >= 0.6 is 0 Å². The fourth-order valence-corrected chi connectivity index (χ4v) is 0.713. The molecule has 4 N–H and O–H groups in total. The number of aliphatic hydroxyl groups is 2. The van der Waals surface area contributed by atoms with E-state index in [9.17, 15) is 0 Å². The van der Waals surface area contributed by atoms with Crippen LogP contribution in [0, 0.1) is 0 Å². The van der Waals surface area contributed by atoms with Crippen LogP contribution in [-0.4, -0.2) is 21.5 Å². The summed E-state index contributed by atoms with van der Waals surface area (Å²) < 4.78 is 0. The second-order valence-electron chi connectivity index (χ2n) is 2.29. The fourth-order valence-electron chi connectivity index (χ4n) is 0.713. The average molecular weight is 166 g/mol. The van der Waals surface area contributed by atoms with Gasteiger partial charge < -0.3 is 15.9 Å². The van der Waals surface area contributed by atoms with E-state index in [2.05, 4.69) is 4.98 Å². The molecule has 12 heavy (non-hydrogen) atoms. The first-order chi connectivity index (χ1) is 5.68. The maximum atomic E-state index is 8.49. The van der Waals surface area contributed by atoms with E-state index in [4.69, 9.17) is 15.9 Å². The highest BCUT2D eigenvalue weighted by molar-refractivity contribution is 5.49. The molecule has 64 valence electrons. The highest BCUT2D eigenvalue weighted by Gasteiger charge is 1.90. The van der Waals surface area contributed by atoms with Gasteiger partial charge in [-0.15, -0.1) is 0 Å². The molecule has 0 bridgehead atoms. The van der Waals surface area contributed by atoms with Crippen LogP contribution in [0.3, 0.4) is 0 Å². The summed E-state index contributed by atoms with van der Waals surface area (Å²) in [5.74, 6) is 0.441. The molecule has 4 heteroatoms. The number of hydrogen-bond donors (Lipinski definition) is 3. The Morgan fingerprint density at radius 2 is 2.17 bits per heavy atom. The lowest BCUT2D eigenvalue weighted by molar-refractivity contribution is 0.00304. The minimum atomic E-state index is -1.43. The SMILES string of the molecule is Nc1ccc(/C=C/C(O)O)cn1. The quantitative estimate of drug-likeness (QED) is 0.540. The van der Waals surface area contributed by atoms with Crippen LogP contribution in [0.4, 0.5) is 5.82 Å². The highest BCUT2D eigenvalue weighted by atomic mass is 16.5. The zero-order chi connectivity index (χ0) is 8.97. The Hall–Kier alpha value is -1.39. The molecule has 1 aromatic rings. The second-order valence-corrected chi connectivity index (χ2v) is 2.29. The summed E-state index contributed by atoms with van der Waals surface area (Å²) in [4.78, 5) is 3.82. The van der Waals surface area contributed by atoms with Crippen molar-refractivity contribution in [3.8, 4) is 0 Å². The lowest BCUT2D eigenvalue weighted by Crippen LogP contribution is -1.97. The van der Waals surface area contributed by atoms with Gasteiger partial charge in [0.05, 0.1) is 0 Å². The van der Waals surface area contributed by atoms with E-state index in [1.54, 1.807) is 24.4 Å². The Balaban J connectivity index is 2.71. The molecular weight excluding hydrogens is 156 g/mol. The molecule has 0 aliphatic carbocycles. The van der Waals surface area contributed by atoms with E-state index in [0.717, 1.165) is 5.56 Å². The monoisotopic (exact) mass is 166 g/mol. The van der Waals surface area contributed by atoms with Gasteiger partial charge in [0, 0.05) is 6.20 Å². The largest absolute Gasteiger partial charge is 0.384 e. The Bertz CT molecular complexity index is 267. The standard InChI is InChI=1S/C8H10N2O2/c9-7-3-1-6(5-10-7)2-4-8(11)12/h1-5,8,11-12H,(H2,9,10)/b4-2+. The Morgan fingerprint density at radius 1 is 1.42 bits per heavy atom. The van der Waals surface area contributed by atoms with E-state index >= 15 is 0 Å². The highest BCUT2D eigenvalue weighted by Crippen LogP contribution is 2.03. The molecule has 0 aromatic carbocycles. The van der Waals surface area contributed by atoms with Crippen LogP contribution in [0.15, 0.2) is 24.4 Å². The third kappa shape index (κ3) is 2.69. The van der Waals surface area contributed by atoms with Crippen LogP contribution in [-0.2, 0) is 0 Å². The van der Waals surface area contributed by atoms with Gasteiger partial charge >= 0.3 is 0 Å². The number of aliphatic hydroxyl groups excluding tert-OH is 1. The molecule has 0 aliphatic heterocycles. The zero-order valence-corrected chi connectivity index (χ0v) is 6.38. The summed E-state index contributed by atoms with van der Waals surface area (Å²) in [6, 6.07) is 3.38. The minimum Gasteiger partial charge on any atom is -0.384 e. The molecule has 0 atom stereocenters. The van der Waals surface area contributed by atoms with Gasteiger partial charge in [-0.05, 0) is 23.8 Å². The first-order valence-electron chi connectivity index (χ1n) is 3.44. The van der Waals surface area contributed by atoms with Crippen molar-refractivity contribution in [3.63, 3.8) is 0 Å².